The molecule has 0 saturated carbocycles. The summed E-state index contributed by atoms with van der Waals surface area (Å²) in [6.45, 7) is 7.53. The molecule has 0 amide bonds. The van der Waals surface area contributed by atoms with Crippen LogP contribution in [-0.4, -0.2) is 18.1 Å². The summed E-state index contributed by atoms with van der Waals surface area (Å²) in [7, 11) is 0. The van der Waals surface area contributed by atoms with Crippen LogP contribution in [0.25, 0.3) is 0 Å². The average Bonchev–Trinajstić information content (AvgIpc) is 2.15. The predicted octanol–water partition coefficient (Wildman–Crippen LogP) is 4.23. The topological polar surface area (TPSA) is 12.0 Å². The van der Waals surface area contributed by atoms with E-state index >= 15 is 0 Å². The molecule has 0 aliphatic carbocycles. The van der Waals surface area contributed by atoms with Crippen LogP contribution in [0.1, 0.15) is 18.1 Å². The maximum atomic E-state index is 3.51. The Labute approximate surface area is 105 Å². The number of nitrogens with one attached hydrogen (secondary N) is 1. The molecule has 84 valence electrons. The first-order chi connectivity index (χ1) is 7.15. The first-order valence-electron chi connectivity index (χ1n) is 5.23. The molecule has 0 radical (unpaired) electrons. The maximum Gasteiger partial charge on any atom is 0.0400 e. The third kappa shape index (κ3) is 4.07. The van der Waals surface area contributed by atoms with Crippen molar-refractivity contribution in [3.8, 4) is 0 Å². The van der Waals surface area contributed by atoms with Crippen molar-refractivity contribution < 1.29 is 0 Å². The molecule has 0 unspecified atom stereocenters. The molecular weight excluding hydrogens is 270 g/mol. The van der Waals surface area contributed by atoms with E-state index in [1.807, 2.05) is 11.8 Å². The van der Waals surface area contributed by atoms with E-state index in [1.165, 1.54) is 28.3 Å². The minimum atomic E-state index is 1.04. The zero-order valence-electron chi connectivity index (χ0n) is 9.56. The molecule has 0 atom stereocenters. The van der Waals surface area contributed by atoms with Gasteiger partial charge in [0.15, 0.2) is 0 Å². The number of thioether (sulfide) groups is 1. The molecule has 0 heterocycles. The lowest BCUT2D eigenvalue weighted by molar-refractivity contribution is 1.19. The van der Waals surface area contributed by atoms with E-state index in [1.54, 1.807) is 0 Å². The second-order valence-corrected chi connectivity index (χ2v) is 5.85. The fraction of sp³-hybridized carbons (Fsp3) is 0.500. The van der Waals surface area contributed by atoms with Crippen LogP contribution in [0.4, 0.5) is 5.69 Å². The van der Waals surface area contributed by atoms with Gasteiger partial charge in [-0.2, -0.15) is 11.8 Å². The number of hydrogen-bond acceptors (Lipinski definition) is 2. The minimum absolute atomic E-state index is 1.04. The number of hydrogen-bond donors (Lipinski definition) is 1. The maximum absolute atomic E-state index is 3.51. The van der Waals surface area contributed by atoms with Crippen LogP contribution in [-0.2, 0) is 0 Å². The summed E-state index contributed by atoms with van der Waals surface area (Å²) in [4.78, 5) is 0. The summed E-state index contributed by atoms with van der Waals surface area (Å²) < 4.78 is 1.16. The molecule has 0 aliphatic heterocycles. The van der Waals surface area contributed by atoms with Crippen molar-refractivity contribution in [2.75, 3.05) is 23.4 Å². The number of halogens is 1. The molecule has 3 heteroatoms. The van der Waals surface area contributed by atoms with Crippen LogP contribution >= 0.6 is 27.7 Å². The molecule has 0 spiro atoms. The summed E-state index contributed by atoms with van der Waals surface area (Å²) in [5.41, 5.74) is 3.90. The zero-order valence-corrected chi connectivity index (χ0v) is 12.0. The van der Waals surface area contributed by atoms with E-state index < -0.39 is 0 Å². The van der Waals surface area contributed by atoms with Gasteiger partial charge in [0.1, 0.15) is 0 Å². The van der Waals surface area contributed by atoms with E-state index in [-0.39, 0.29) is 0 Å². The van der Waals surface area contributed by atoms with E-state index in [0.29, 0.717) is 0 Å². The summed E-state index contributed by atoms with van der Waals surface area (Å²) in [5, 5.41) is 3.50. The average molecular weight is 288 g/mol. The van der Waals surface area contributed by atoms with Crippen LogP contribution in [0, 0.1) is 13.8 Å². The van der Waals surface area contributed by atoms with Gasteiger partial charge in [0.25, 0.3) is 0 Å². The van der Waals surface area contributed by atoms with Crippen molar-refractivity contribution in [2.45, 2.75) is 20.8 Å². The fourth-order valence-corrected chi connectivity index (χ4v) is 2.80. The Morgan fingerprint density at radius 3 is 2.40 bits per heavy atom. The highest BCUT2D eigenvalue weighted by molar-refractivity contribution is 9.10. The summed E-state index contributed by atoms with van der Waals surface area (Å²) in [6.07, 6.45) is 0. The summed E-state index contributed by atoms with van der Waals surface area (Å²) in [6, 6.07) is 4.31. The number of benzene rings is 1. The Hall–Kier alpha value is -0.150. The van der Waals surface area contributed by atoms with Crippen molar-refractivity contribution in [1.29, 1.82) is 0 Å². The number of anilines is 1. The molecule has 1 rings (SSSR count). The van der Waals surface area contributed by atoms with Crippen LogP contribution in [0.15, 0.2) is 16.6 Å². The second kappa shape index (κ2) is 6.44. The van der Waals surface area contributed by atoms with Gasteiger partial charge in [-0.3, -0.25) is 0 Å². The van der Waals surface area contributed by atoms with E-state index in [9.17, 15) is 0 Å². The minimum Gasteiger partial charge on any atom is -0.384 e. The normalized spacial score (nSPS) is 10.4. The number of rotatable bonds is 5. The summed E-state index contributed by atoms with van der Waals surface area (Å²) >= 11 is 5.48. The SMILES string of the molecule is CCSCCNc1c(C)cc(Br)cc1C. The molecular formula is C12H18BrNS. The Bertz CT molecular complexity index is 302. The van der Waals surface area contributed by atoms with Crippen molar-refractivity contribution >= 4 is 33.4 Å². The van der Waals surface area contributed by atoms with Gasteiger partial charge in [0, 0.05) is 22.5 Å². The molecule has 0 aliphatic rings. The molecule has 0 bridgehead atoms. The van der Waals surface area contributed by atoms with Crippen molar-refractivity contribution in [3.05, 3.63) is 27.7 Å². The van der Waals surface area contributed by atoms with Crippen LogP contribution < -0.4 is 5.32 Å². The van der Waals surface area contributed by atoms with E-state index in [2.05, 4.69) is 54.2 Å². The van der Waals surface area contributed by atoms with Gasteiger partial charge in [0.05, 0.1) is 0 Å². The lowest BCUT2D eigenvalue weighted by atomic mass is 10.1. The van der Waals surface area contributed by atoms with Crippen LogP contribution in [0.3, 0.4) is 0 Å². The highest BCUT2D eigenvalue weighted by Crippen LogP contribution is 2.24. The van der Waals surface area contributed by atoms with Crippen LogP contribution in [0.2, 0.25) is 0 Å². The Morgan fingerprint density at radius 2 is 1.87 bits per heavy atom. The molecule has 0 aromatic heterocycles. The van der Waals surface area contributed by atoms with Gasteiger partial charge in [-0.1, -0.05) is 22.9 Å². The molecule has 1 aromatic rings. The standard InChI is InChI=1S/C12H18BrNS/c1-4-15-6-5-14-12-9(2)7-11(13)8-10(12)3/h7-8,14H,4-6H2,1-3H3. The fourth-order valence-electron chi connectivity index (χ4n) is 1.58. The molecule has 1 nitrogen and oxygen atoms in total. The van der Waals surface area contributed by atoms with Crippen molar-refractivity contribution in [1.82, 2.24) is 0 Å². The third-order valence-electron chi connectivity index (χ3n) is 2.25. The molecule has 0 fully saturated rings. The highest BCUT2D eigenvalue weighted by Gasteiger charge is 2.02. The van der Waals surface area contributed by atoms with Gasteiger partial charge in [-0.15, -0.1) is 0 Å². The number of aryl methyl sites for hydroxylation is 2. The molecule has 1 aromatic carbocycles. The lowest BCUT2D eigenvalue weighted by Gasteiger charge is -2.13. The van der Waals surface area contributed by atoms with E-state index in [0.717, 1.165) is 11.0 Å². The second-order valence-electron chi connectivity index (χ2n) is 3.54. The van der Waals surface area contributed by atoms with Gasteiger partial charge >= 0.3 is 0 Å². The largest absolute Gasteiger partial charge is 0.384 e. The summed E-state index contributed by atoms with van der Waals surface area (Å²) in [5.74, 6) is 2.37. The van der Waals surface area contributed by atoms with Gasteiger partial charge < -0.3 is 5.32 Å². The Morgan fingerprint density at radius 1 is 1.27 bits per heavy atom. The van der Waals surface area contributed by atoms with Gasteiger partial charge in [0.2, 0.25) is 0 Å². The Kier molecular flexibility index (Phi) is 5.54. The first-order valence-corrected chi connectivity index (χ1v) is 7.18. The smallest absolute Gasteiger partial charge is 0.0400 e. The molecule has 0 saturated heterocycles. The zero-order chi connectivity index (χ0) is 11.3. The van der Waals surface area contributed by atoms with Crippen molar-refractivity contribution in [3.63, 3.8) is 0 Å². The van der Waals surface area contributed by atoms with Crippen molar-refractivity contribution in [2.24, 2.45) is 0 Å². The molecule has 15 heavy (non-hydrogen) atoms. The van der Waals surface area contributed by atoms with E-state index in [4.69, 9.17) is 0 Å². The van der Waals surface area contributed by atoms with Gasteiger partial charge in [-0.25, -0.2) is 0 Å². The predicted molar refractivity (Wildman–Crippen MR) is 75.1 cm³/mol. The quantitative estimate of drug-likeness (QED) is 0.814. The van der Waals surface area contributed by atoms with Gasteiger partial charge in [-0.05, 0) is 42.9 Å². The molecule has 1 N–H and O–H groups in total. The lowest BCUT2D eigenvalue weighted by Crippen LogP contribution is -2.07. The first kappa shape index (κ1) is 12.9. The Balaban J connectivity index is 2.60. The third-order valence-corrected chi connectivity index (χ3v) is 3.61. The monoisotopic (exact) mass is 287 g/mol. The highest BCUT2D eigenvalue weighted by atomic mass is 79.9. The van der Waals surface area contributed by atoms with Crippen LogP contribution in [0.5, 0.6) is 0 Å².